The number of amides is 3. The van der Waals surface area contributed by atoms with E-state index in [4.69, 9.17) is 16.3 Å². The zero-order valence-corrected chi connectivity index (χ0v) is 12.4. The van der Waals surface area contributed by atoms with E-state index in [1.807, 2.05) is 6.92 Å². The molecule has 0 saturated heterocycles. The van der Waals surface area contributed by atoms with Crippen LogP contribution in [-0.4, -0.2) is 31.4 Å². The van der Waals surface area contributed by atoms with Gasteiger partial charge in [-0.15, -0.1) is 0 Å². The van der Waals surface area contributed by atoms with E-state index in [1.165, 1.54) is 7.05 Å². The van der Waals surface area contributed by atoms with Crippen LogP contribution in [0.5, 0.6) is 5.75 Å². The summed E-state index contributed by atoms with van der Waals surface area (Å²) in [5, 5.41) is 4.85. The van der Waals surface area contributed by atoms with Crippen molar-refractivity contribution < 1.29 is 19.1 Å². The summed E-state index contributed by atoms with van der Waals surface area (Å²) in [7, 11) is 1.40. The topological polar surface area (TPSA) is 84.5 Å². The van der Waals surface area contributed by atoms with Gasteiger partial charge in [-0.3, -0.25) is 14.9 Å². The van der Waals surface area contributed by atoms with E-state index >= 15 is 0 Å². The third-order valence-corrected chi connectivity index (χ3v) is 3.59. The molecule has 0 aromatic heterocycles. The average molecular weight is 311 g/mol. The van der Waals surface area contributed by atoms with E-state index in [9.17, 15) is 14.4 Å². The normalized spacial score (nSPS) is 16.3. The number of nitrogens with one attached hydrogen (secondary N) is 2. The maximum Gasteiger partial charge on any atom is 0.321 e. The van der Waals surface area contributed by atoms with Crippen LogP contribution in [0.2, 0.25) is 5.02 Å². The zero-order chi connectivity index (χ0) is 15.6. The molecule has 0 radical (unpaired) electrons. The van der Waals surface area contributed by atoms with Gasteiger partial charge in [0.25, 0.3) is 5.91 Å². The van der Waals surface area contributed by atoms with Crippen molar-refractivity contribution >= 4 is 29.3 Å². The second-order valence-electron chi connectivity index (χ2n) is 4.78. The summed E-state index contributed by atoms with van der Waals surface area (Å²) in [6.45, 7) is 1.56. The molecular weight excluding hydrogens is 296 g/mol. The maximum absolute atomic E-state index is 12.0. The van der Waals surface area contributed by atoms with Gasteiger partial charge >= 0.3 is 6.03 Å². The van der Waals surface area contributed by atoms with Crippen LogP contribution < -0.4 is 15.4 Å². The molecule has 2 rings (SSSR count). The lowest BCUT2D eigenvalue weighted by Crippen LogP contribution is -2.40. The zero-order valence-electron chi connectivity index (χ0n) is 11.7. The summed E-state index contributed by atoms with van der Waals surface area (Å²) in [4.78, 5) is 34.5. The second-order valence-corrected chi connectivity index (χ2v) is 5.19. The fourth-order valence-electron chi connectivity index (χ4n) is 2.31. The molecule has 1 aromatic carbocycles. The third-order valence-electron chi connectivity index (χ3n) is 3.26. The highest BCUT2D eigenvalue weighted by Gasteiger charge is 2.31. The average Bonchev–Trinajstić information content (AvgIpc) is 2.74. The van der Waals surface area contributed by atoms with Crippen molar-refractivity contribution in [1.82, 2.24) is 10.6 Å². The molecule has 1 aliphatic carbocycles. The molecule has 112 valence electrons. The first-order chi connectivity index (χ1) is 9.93. The molecule has 21 heavy (non-hydrogen) atoms. The molecule has 0 spiro atoms. The molecule has 0 heterocycles. The molecule has 1 atom stereocenters. The molecular formula is C14H15ClN2O4. The molecule has 0 aliphatic heterocycles. The van der Waals surface area contributed by atoms with Crippen molar-refractivity contribution in [3.8, 4) is 5.75 Å². The van der Waals surface area contributed by atoms with Crippen molar-refractivity contribution in [2.75, 3.05) is 13.7 Å². The molecule has 0 fully saturated rings. The molecule has 2 N–H and O–H groups in total. The highest BCUT2D eigenvalue weighted by atomic mass is 35.5. The van der Waals surface area contributed by atoms with Crippen molar-refractivity contribution in [1.29, 1.82) is 0 Å². The smallest absolute Gasteiger partial charge is 0.321 e. The minimum atomic E-state index is -0.616. The number of benzene rings is 1. The van der Waals surface area contributed by atoms with Crippen molar-refractivity contribution in [3.05, 3.63) is 28.3 Å². The van der Waals surface area contributed by atoms with E-state index in [0.29, 0.717) is 22.8 Å². The van der Waals surface area contributed by atoms with E-state index < -0.39 is 11.9 Å². The van der Waals surface area contributed by atoms with Gasteiger partial charge in [0.15, 0.2) is 12.4 Å². The van der Waals surface area contributed by atoms with Crippen molar-refractivity contribution in [2.45, 2.75) is 19.3 Å². The standard InChI is InChI=1S/C14H15ClN2O4/c1-7-5-9(18)13-10(4-3-8(15)12(7)13)21-6-11(19)17-14(20)16-2/h3-4,7H,5-6H2,1-2H3,(H2,16,17,19,20)/t7-/m0/s1. The summed E-state index contributed by atoms with van der Waals surface area (Å²) >= 11 is 6.11. The molecule has 1 aliphatic rings. The van der Waals surface area contributed by atoms with E-state index in [-0.39, 0.29) is 18.3 Å². The monoisotopic (exact) mass is 310 g/mol. The fraction of sp³-hybridized carbons (Fsp3) is 0.357. The number of imide groups is 1. The lowest BCUT2D eigenvalue weighted by Gasteiger charge is -2.12. The van der Waals surface area contributed by atoms with Crippen LogP contribution in [0.3, 0.4) is 0 Å². The lowest BCUT2D eigenvalue weighted by atomic mass is 10.0. The summed E-state index contributed by atoms with van der Waals surface area (Å²) in [5.74, 6) is -0.308. The first kappa shape index (κ1) is 15.3. The molecule has 7 heteroatoms. The predicted octanol–water partition coefficient (Wildman–Crippen LogP) is 1.86. The molecule has 3 amide bonds. The van der Waals surface area contributed by atoms with E-state index in [0.717, 1.165) is 5.56 Å². The van der Waals surface area contributed by atoms with E-state index in [2.05, 4.69) is 10.6 Å². The van der Waals surface area contributed by atoms with Gasteiger partial charge < -0.3 is 10.1 Å². The number of fused-ring (bicyclic) bond motifs is 1. The van der Waals surface area contributed by atoms with Crippen LogP contribution >= 0.6 is 11.6 Å². The van der Waals surface area contributed by atoms with Crippen LogP contribution in [0.4, 0.5) is 4.79 Å². The fourth-order valence-corrected chi connectivity index (χ4v) is 2.66. The number of hydrogen-bond acceptors (Lipinski definition) is 4. The number of halogens is 1. The summed E-state index contributed by atoms with van der Waals surface area (Å²) in [6, 6.07) is 2.58. The Morgan fingerprint density at radius 3 is 2.81 bits per heavy atom. The minimum Gasteiger partial charge on any atom is -0.483 e. The van der Waals surface area contributed by atoms with Gasteiger partial charge in [-0.05, 0) is 23.6 Å². The molecule has 6 nitrogen and oxygen atoms in total. The molecule has 0 unspecified atom stereocenters. The molecule has 0 saturated carbocycles. The van der Waals surface area contributed by atoms with Crippen LogP contribution in [0, 0.1) is 0 Å². The van der Waals surface area contributed by atoms with Gasteiger partial charge in [-0.2, -0.15) is 0 Å². The first-order valence-corrected chi connectivity index (χ1v) is 6.81. The van der Waals surface area contributed by atoms with Crippen LogP contribution in [0.15, 0.2) is 12.1 Å². The number of carbonyl (C=O) groups is 3. The summed E-state index contributed by atoms with van der Waals surface area (Å²) < 4.78 is 5.36. The van der Waals surface area contributed by atoms with E-state index in [1.54, 1.807) is 12.1 Å². The Hall–Kier alpha value is -2.08. The first-order valence-electron chi connectivity index (χ1n) is 6.44. The van der Waals surface area contributed by atoms with Gasteiger partial charge in [0, 0.05) is 18.5 Å². The molecule has 1 aromatic rings. The minimum absolute atomic E-state index is 0.0308. The predicted molar refractivity (Wildman–Crippen MR) is 76.9 cm³/mol. The second kappa shape index (κ2) is 6.13. The Morgan fingerprint density at radius 2 is 2.14 bits per heavy atom. The summed E-state index contributed by atoms with van der Waals surface area (Å²) in [6.07, 6.45) is 0.375. The van der Waals surface area contributed by atoms with Crippen LogP contribution in [0.1, 0.15) is 35.2 Å². The Labute approximate surface area is 126 Å². The molecule has 0 bridgehead atoms. The van der Waals surface area contributed by atoms with Gasteiger partial charge in [-0.25, -0.2) is 4.79 Å². The number of Topliss-reactive ketones (excluding diaryl/α,β-unsaturated/α-hetero) is 1. The van der Waals surface area contributed by atoms with Crippen LogP contribution in [0.25, 0.3) is 0 Å². The highest BCUT2D eigenvalue weighted by molar-refractivity contribution is 6.32. The number of hydrogen-bond donors (Lipinski definition) is 2. The Morgan fingerprint density at radius 1 is 1.43 bits per heavy atom. The van der Waals surface area contributed by atoms with Gasteiger partial charge in [0.1, 0.15) is 5.75 Å². The number of urea groups is 1. The number of ketones is 1. The quantitative estimate of drug-likeness (QED) is 0.892. The Kier molecular flexibility index (Phi) is 4.47. The van der Waals surface area contributed by atoms with Gasteiger partial charge in [-0.1, -0.05) is 18.5 Å². The highest BCUT2D eigenvalue weighted by Crippen LogP contribution is 2.42. The maximum atomic E-state index is 12.0. The van der Waals surface area contributed by atoms with Gasteiger partial charge in [0.2, 0.25) is 0 Å². The summed E-state index contributed by atoms with van der Waals surface area (Å²) in [5.41, 5.74) is 1.19. The Bertz CT molecular complexity index is 615. The van der Waals surface area contributed by atoms with Crippen molar-refractivity contribution in [2.24, 2.45) is 0 Å². The number of carbonyl (C=O) groups excluding carboxylic acids is 3. The van der Waals surface area contributed by atoms with Gasteiger partial charge in [0.05, 0.1) is 5.56 Å². The lowest BCUT2D eigenvalue weighted by molar-refractivity contribution is -0.122. The SMILES string of the molecule is CNC(=O)NC(=O)COc1ccc(Cl)c2c1C(=O)C[C@@H]2C. The van der Waals surface area contributed by atoms with Crippen molar-refractivity contribution in [3.63, 3.8) is 0 Å². The third kappa shape index (κ3) is 3.16. The Balaban J connectivity index is 2.14. The van der Waals surface area contributed by atoms with Crippen LogP contribution in [-0.2, 0) is 4.79 Å². The largest absolute Gasteiger partial charge is 0.483 e. The number of ether oxygens (including phenoxy) is 1. The number of rotatable bonds is 3.